The van der Waals surface area contributed by atoms with E-state index in [4.69, 9.17) is 4.42 Å². The summed E-state index contributed by atoms with van der Waals surface area (Å²) >= 11 is 0. The Kier molecular flexibility index (Phi) is 5.16. The third-order valence-corrected chi connectivity index (χ3v) is 5.71. The van der Waals surface area contributed by atoms with Gasteiger partial charge in [0.15, 0.2) is 17.4 Å². The molecular formula is C23H19F3N4O2. The van der Waals surface area contributed by atoms with Gasteiger partial charge >= 0.3 is 0 Å². The quantitative estimate of drug-likeness (QED) is 0.489. The molecule has 0 saturated carbocycles. The molecular weight excluding hydrogens is 421 g/mol. The molecule has 3 heterocycles. The van der Waals surface area contributed by atoms with Crippen molar-refractivity contribution in [1.29, 1.82) is 0 Å². The summed E-state index contributed by atoms with van der Waals surface area (Å²) in [5.41, 5.74) is 0.811. The van der Waals surface area contributed by atoms with Gasteiger partial charge in [-0.3, -0.25) is 9.78 Å². The predicted octanol–water partition coefficient (Wildman–Crippen LogP) is 4.90. The first-order valence-corrected chi connectivity index (χ1v) is 10.3. The molecule has 1 N–H and O–H groups in total. The molecule has 1 unspecified atom stereocenters. The Labute approximate surface area is 181 Å². The minimum atomic E-state index is -0.990. The van der Waals surface area contributed by atoms with Gasteiger partial charge in [0.2, 0.25) is 0 Å². The molecule has 0 aliphatic carbocycles. The van der Waals surface area contributed by atoms with Crippen LogP contribution in [0.25, 0.3) is 22.0 Å². The molecule has 1 atom stereocenters. The molecule has 1 aliphatic heterocycles. The zero-order valence-corrected chi connectivity index (χ0v) is 16.9. The van der Waals surface area contributed by atoms with Crippen LogP contribution in [0.4, 0.5) is 19.0 Å². The van der Waals surface area contributed by atoms with Gasteiger partial charge in [-0.25, -0.2) is 18.2 Å². The van der Waals surface area contributed by atoms with Crippen LogP contribution in [-0.4, -0.2) is 39.9 Å². The van der Waals surface area contributed by atoms with Gasteiger partial charge in [0.1, 0.15) is 17.2 Å². The van der Waals surface area contributed by atoms with Crippen LogP contribution in [0.2, 0.25) is 0 Å². The van der Waals surface area contributed by atoms with E-state index in [1.807, 2.05) is 0 Å². The molecule has 2 aromatic heterocycles. The summed E-state index contributed by atoms with van der Waals surface area (Å²) in [7, 11) is 0. The Morgan fingerprint density at radius 3 is 2.72 bits per heavy atom. The number of anilines is 1. The van der Waals surface area contributed by atoms with Crippen LogP contribution >= 0.6 is 0 Å². The third-order valence-electron chi connectivity index (χ3n) is 5.71. The van der Waals surface area contributed by atoms with Crippen LogP contribution < -0.4 is 5.32 Å². The van der Waals surface area contributed by atoms with Gasteiger partial charge in [0, 0.05) is 37.3 Å². The first-order chi connectivity index (χ1) is 15.5. The molecule has 0 bridgehead atoms. The smallest absolute Gasteiger partial charge is 0.289 e. The molecule has 1 aliphatic rings. The van der Waals surface area contributed by atoms with Gasteiger partial charge in [-0.15, -0.1) is 0 Å². The lowest BCUT2D eigenvalue weighted by Gasteiger charge is -2.35. The number of rotatable bonds is 4. The minimum absolute atomic E-state index is 0.0972. The fourth-order valence-corrected chi connectivity index (χ4v) is 4.07. The van der Waals surface area contributed by atoms with E-state index in [0.717, 1.165) is 31.4 Å². The number of fused-ring (bicyclic) bond motifs is 2. The fraction of sp³-hybridized carbons (Fsp3) is 0.261. The lowest BCUT2D eigenvalue weighted by atomic mass is 10.0. The van der Waals surface area contributed by atoms with Crippen molar-refractivity contribution in [2.75, 3.05) is 18.4 Å². The summed E-state index contributed by atoms with van der Waals surface area (Å²) in [5.74, 6) is -2.21. The number of carbonyl (C=O) groups excluding carboxylic acids is 1. The number of piperidine rings is 1. The minimum Gasteiger partial charge on any atom is -0.451 e. The van der Waals surface area contributed by atoms with E-state index in [9.17, 15) is 18.0 Å². The van der Waals surface area contributed by atoms with Crippen molar-refractivity contribution in [3.05, 3.63) is 65.8 Å². The van der Waals surface area contributed by atoms with E-state index < -0.39 is 17.5 Å². The van der Waals surface area contributed by atoms with Gasteiger partial charge in [0.05, 0.1) is 22.6 Å². The first-order valence-electron chi connectivity index (χ1n) is 10.3. The molecule has 9 heteroatoms. The monoisotopic (exact) mass is 440 g/mol. The Balaban J connectivity index is 1.34. The summed E-state index contributed by atoms with van der Waals surface area (Å²) in [4.78, 5) is 23.2. The second-order valence-corrected chi connectivity index (χ2v) is 7.80. The Morgan fingerprint density at radius 2 is 1.91 bits per heavy atom. The number of nitrogens with zero attached hydrogens (tertiary/aromatic N) is 3. The fourth-order valence-electron chi connectivity index (χ4n) is 4.07. The van der Waals surface area contributed by atoms with E-state index in [0.29, 0.717) is 24.5 Å². The molecule has 4 aromatic rings. The van der Waals surface area contributed by atoms with Crippen molar-refractivity contribution in [2.24, 2.45) is 0 Å². The first kappa shape index (κ1) is 20.3. The summed E-state index contributed by atoms with van der Waals surface area (Å²) in [6.45, 7) is 0.947. The summed E-state index contributed by atoms with van der Waals surface area (Å²) in [6.07, 6.45) is 4.03. The van der Waals surface area contributed by atoms with Gasteiger partial charge in [-0.2, -0.15) is 0 Å². The predicted molar refractivity (Wildman–Crippen MR) is 113 cm³/mol. The highest BCUT2D eigenvalue weighted by atomic mass is 19.2. The Morgan fingerprint density at radius 1 is 1.09 bits per heavy atom. The number of halogens is 3. The second kappa shape index (κ2) is 8.14. The van der Waals surface area contributed by atoms with Gasteiger partial charge in [-0.05, 0) is 31.4 Å². The molecule has 2 aromatic carbocycles. The summed E-state index contributed by atoms with van der Waals surface area (Å²) < 4.78 is 46.5. The number of likely N-dealkylation sites (tertiary alicyclic amines) is 1. The summed E-state index contributed by atoms with van der Waals surface area (Å²) in [5, 5.41) is 3.41. The second-order valence-electron chi connectivity index (χ2n) is 7.80. The van der Waals surface area contributed by atoms with Crippen molar-refractivity contribution in [2.45, 2.75) is 25.3 Å². The zero-order valence-electron chi connectivity index (χ0n) is 16.9. The van der Waals surface area contributed by atoms with Crippen molar-refractivity contribution >= 4 is 33.7 Å². The molecule has 0 radical (unpaired) electrons. The standard InChI is InChI=1S/C23H19F3N4O2/c24-15-5-3-6-20-14(15)8-21(32-20)23(31)30-7-2-1-4-13(30)11-28-22-12-27-18-9-16(25)17(26)10-19(18)29-22/h3,5-6,8-10,12-13H,1-2,4,7,11H2,(H,28,29). The van der Waals surface area contributed by atoms with E-state index in [1.54, 1.807) is 11.0 Å². The number of aromatic nitrogens is 2. The van der Waals surface area contributed by atoms with Gasteiger partial charge in [0.25, 0.3) is 5.91 Å². The lowest BCUT2D eigenvalue weighted by molar-refractivity contribution is 0.0598. The van der Waals surface area contributed by atoms with Gasteiger partial charge < -0.3 is 14.6 Å². The van der Waals surface area contributed by atoms with E-state index in [-0.39, 0.29) is 34.1 Å². The van der Waals surface area contributed by atoms with Gasteiger partial charge in [-0.1, -0.05) is 6.07 Å². The third kappa shape index (κ3) is 3.74. The average Bonchev–Trinajstić information content (AvgIpc) is 3.24. The van der Waals surface area contributed by atoms with Crippen molar-refractivity contribution < 1.29 is 22.4 Å². The van der Waals surface area contributed by atoms with Crippen LogP contribution in [0.15, 0.2) is 47.0 Å². The zero-order chi connectivity index (χ0) is 22.2. The number of hydrogen-bond donors (Lipinski definition) is 1. The Hall–Kier alpha value is -3.62. The normalized spacial score (nSPS) is 16.6. The molecule has 1 saturated heterocycles. The average molecular weight is 440 g/mol. The van der Waals surface area contributed by atoms with Crippen LogP contribution in [0.1, 0.15) is 29.8 Å². The highest BCUT2D eigenvalue weighted by Gasteiger charge is 2.29. The molecule has 6 nitrogen and oxygen atoms in total. The molecule has 164 valence electrons. The SMILES string of the molecule is O=C(c1cc2c(F)cccc2o1)N1CCCCC1CNc1cnc2cc(F)c(F)cc2n1. The number of benzene rings is 2. The number of furan rings is 1. The highest BCUT2D eigenvalue weighted by Crippen LogP contribution is 2.26. The molecule has 0 spiro atoms. The number of nitrogens with one attached hydrogen (secondary N) is 1. The molecule has 1 fully saturated rings. The van der Waals surface area contributed by atoms with E-state index >= 15 is 0 Å². The maximum Gasteiger partial charge on any atom is 0.289 e. The Bertz CT molecular complexity index is 1320. The molecule has 1 amide bonds. The van der Waals surface area contributed by atoms with E-state index in [1.165, 1.54) is 24.4 Å². The van der Waals surface area contributed by atoms with Crippen molar-refractivity contribution in [3.8, 4) is 0 Å². The molecule has 5 rings (SSSR count). The number of amides is 1. The largest absolute Gasteiger partial charge is 0.451 e. The van der Waals surface area contributed by atoms with Crippen molar-refractivity contribution in [1.82, 2.24) is 14.9 Å². The summed E-state index contributed by atoms with van der Waals surface area (Å²) in [6, 6.07) is 7.78. The van der Waals surface area contributed by atoms with Crippen LogP contribution in [0.5, 0.6) is 0 Å². The number of hydrogen-bond acceptors (Lipinski definition) is 5. The van der Waals surface area contributed by atoms with Crippen LogP contribution in [0, 0.1) is 17.5 Å². The lowest BCUT2D eigenvalue weighted by Crippen LogP contribution is -2.47. The topological polar surface area (TPSA) is 71.3 Å². The number of carbonyl (C=O) groups is 1. The molecule has 32 heavy (non-hydrogen) atoms. The maximum absolute atomic E-state index is 14.0. The maximum atomic E-state index is 14.0. The highest BCUT2D eigenvalue weighted by molar-refractivity contribution is 5.96. The van der Waals surface area contributed by atoms with E-state index in [2.05, 4.69) is 15.3 Å². The van der Waals surface area contributed by atoms with Crippen LogP contribution in [0.3, 0.4) is 0 Å². The van der Waals surface area contributed by atoms with Crippen LogP contribution in [-0.2, 0) is 0 Å². The van der Waals surface area contributed by atoms with Crippen molar-refractivity contribution in [3.63, 3.8) is 0 Å².